The molecular weight excluding hydrogens is 338 g/mol. The van der Waals surface area contributed by atoms with Crippen molar-refractivity contribution in [2.45, 2.75) is 24.7 Å². The molecule has 2 aromatic rings. The molecular formula is C18H21N3O3S. The van der Waals surface area contributed by atoms with Crippen LogP contribution in [0.1, 0.15) is 17.5 Å². The van der Waals surface area contributed by atoms with Crippen LogP contribution < -0.4 is 15.2 Å². The van der Waals surface area contributed by atoms with E-state index in [9.17, 15) is 13.2 Å². The van der Waals surface area contributed by atoms with Crippen LogP contribution in [0.2, 0.25) is 0 Å². The summed E-state index contributed by atoms with van der Waals surface area (Å²) in [6.07, 6.45) is 1.97. The molecule has 3 rings (SSSR count). The molecule has 0 saturated heterocycles. The third-order valence-electron chi connectivity index (χ3n) is 4.20. The molecule has 7 heteroatoms. The third kappa shape index (κ3) is 4.18. The lowest BCUT2D eigenvalue weighted by atomic mass is 10.0. The summed E-state index contributed by atoms with van der Waals surface area (Å²) in [5, 5.41) is 0. The van der Waals surface area contributed by atoms with E-state index in [0.717, 1.165) is 30.6 Å². The fourth-order valence-electron chi connectivity index (χ4n) is 2.89. The van der Waals surface area contributed by atoms with Crippen LogP contribution in [-0.2, 0) is 21.2 Å². The van der Waals surface area contributed by atoms with Crippen molar-refractivity contribution in [2.75, 3.05) is 18.0 Å². The Morgan fingerprint density at radius 3 is 2.60 bits per heavy atom. The first-order valence-electron chi connectivity index (χ1n) is 8.16. The second-order valence-corrected chi connectivity index (χ2v) is 7.80. The standard InChI is InChI=1S/C18H21N3O3S/c1-14-8-10-16(11-9-14)25(23,24)20-19-18(22)13-21-12-4-6-15-5-2-3-7-17(15)21/h2-3,5,7-11,20H,4,6,12-13H2,1H3,(H,19,22). The van der Waals surface area contributed by atoms with E-state index < -0.39 is 15.9 Å². The summed E-state index contributed by atoms with van der Waals surface area (Å²) in [5.74, 6) is -0.396. The molecule has 1 aliphatic rings. The number of para-hydroxylation sites is 1. The molecule has 0 unspecified atom stereocenters. The Morgan fingerprint density at radius 1 is 1.12 bits per heavy atom. The highest BCUT2D eigenvalue weighted by Crippen LogP contribution is 2.26. The van der Waals surface area contributed by atoms with Gasteiger partial charge in [0.15, 0.2) is 0 Å². The van der Waals surface area contributed by atoms with Gasteiger partial charge < -0.3 is 4.90 Å². The average Bonchev–Trinajstić information content (AvgIpc) is 2.61. The molecule has 1 heterocycles. The first-order valence-corrected chi connectivity index (χ1v) is 9.64. The molecule has 0 aliphatic carbocycles. The lowest BCUT2D eigenvalue weighted by Gasteiger charge is -2.30. The predicted molar refractivity (Wildman–Crippen MR) is 96.6 cm³/mol. The summed E-state index contributed by atoms with van der Waals surface area (Å²) >= 11 is 0. The summed E-state index contributed by atoms with van der Waals surface area (Å²) < 4.78 is 24.4. The summed E-state index contributed by atoms with van der Waals surface area (Å²) in [4.78, 5) is 16.4. The van der Waals surface area contributed by atoms with Gasteiger partial charge in [0.25, 0.3) is 15.9 Å². The number of anilines is 1. The zero-order valence-electron chi connectivity index (χ0n) is 14.0. The molecule has 2 aromatic carbocycles. The Morgan fingerprint density at radius 2 is 1.84 bits per heavy atom. The minimum absolute atomic E-state index is 0.105. The number of nitrogens with zero attached hydrogens (tertiary/aromatic N) is 1. The smallest absolute Gasteiger partial charge is 0.257 e. The van der Waals surface area contributed by atoms with Crippen molar-refractivity contribution < 1.29 is 13.2 Å². The van der Waals surface area contributed by atoms with Gasteiger partial charge in [0.05, 0.1) is 11.4 Å². The number of fused-ring (bicyclic) bond motifs is 1. The highest BCUT2D eigenvalue weighted by Gasteiger charge is 2.20. The fraction of sp³-hybridized carbons (Fsp3) is 0.278. The minimum atomic E-state index is -3.77. The number of carbonyl (C=O) groups excluding carboxylic acids is 1. The van der Waals surface area contributed by atoms with E-state index in [-0.39, 0.29) is 11.4 Å². The van der Waals surface area contributed by atoms with Crippen molar-refractivity contribution in [2.24, 2.45) is 0 Å². The second kappa shape index (κ2) is 7.25. The number of carbonyl (C=O) groups is 1. The molecule has 0 aromatic heterocycles. The van der Waals surface area contributed by atoms with E-state index in [1.54, 1.807) is 12.1 Å². The van der Waals surface area contributed by atoms with Crippen molar-refractivity contribution in [3.63, 3.8) is 0 Å². The van der Waals surface area contributed by atoms with E-state index in [1.807, 2.05) is 30.0 Å². The molecule has 25 heavy (non-hydrogen) atoms. The van der Waals surface area contributed by atoms with Crippen LogP contribution in [0.5, 0.6) is 0 Å². The number of nitrogens with one attached hydrogen (secondary N) is 2. The topological polar surface area (TPSA) is 78.5 Å². The Bertz CT molecular complexity index is 863. The van der Waals surface area contributed by atoms with Gasteiger partial charge >= 0.3 is 0 Å². The van der Waals surface area contributed by atoms with Crippen molar-refractivity contribution in [3.8, 4) is 0 Å². The van der Waals surface area contributed by atoms with E-state index >= 15 is 0 Å². The zero-order chi connectivity index (χ0) is 17.9. The average molecular weight is 359 g/mol. The molecule has 0 bridgehead atoms. The molecule has 0 atom stereocenters. The maximum absolute atomic E-state index is 12.2. The van der Waals surface area contributed by atoms with Crippen LogP contribution in [0.3, 0.4) is 0 Å². The monoisotopic (exact) mass is 359 g/mol. The van der Waals surface area contributed by atoms with Crippen LogP contribution in [0.4, 0.5) is 5.69 Å². The molecule has 0 radical (unpaired) electrons. The Labute approximate surface area is 147 Å². The van der Waals surface area contributed by atoms with E-state index in [2.05, 4.69) is 16.3 Å². The predicted octanol–water partition coefficient (Wildman–Crippen LogP) is 1.76. The number of hydrogen-bond acceptors (Lipinski definition) is 4. The van der Waals surface area contributed by atoms with Crippen LogP contribution in [0.25, 0.3) is 0 Å². The van der Waals surface area contributed by atoms with E-state index in [4.69, 9.17) is 0 Å². The molecule has 2 N–H and O–H groups in total. The summed E-state index contributed by atoms with van der Waals surface area (Å²) in [6.45, 7) is 2.75. The molecule has 0 saturated carbocycles. The molecule has 0 spiro atoms. The van der Waals surface area contributed by atoms with Crippen molar-refractivity contribution >= 4 is 21.6 Å². The van der Waals surface area contributed by atoms with Gasteiger partial charge in [-0.3, -0.25) is 10.2 Å². The number of aryl methyl sites for hydroxylation is 2. The van der Waals surface area contributed by atoms with Gasteiger partial charge in [-0.2, -0.15) is 0 Å². The van der Waals surface area contributed by atoms with Crippen LogP contribution >= 0.6 is 0 Å². The van der Waals surface area contributed by atoms with E-state index in [1.165, 1.54) is 17.7 Å². The lowest BCUT2D eigenvalue weighted by molar-refractivity contribution is -0.120. The quantitative estimate of drug-likeness (QED) is 0.798. The molecule has 132 valence electrons. The van der Waals surface area contributed by atoms with Gasteiger partial charge in [0, 0.05) is 12.2 Å². The SMILES string of the molecule is Cc1ccc(S(=O)(=O)NNC(=O)CN2CCCc3ccccc32)cc1. The van der Waals surface area contributed by atoms with Crippen molar-refractivity contribution in [3.05, 3.63) is 59.7 Å². The minimum Gasteiger partial charge on any atom is -0.362 e. The summed E-state index contributed by atoms with van der Waals surface area (Å²) in [6, 6.07) is 14.4. The van der Waals surface area contributed by atoms with Gasteiger partial charge in [-0.1, -0.05) is 35.9 Å². The van der Waals surface area contributed by atoms with Crippen molar-refractivity contribution in [1.29, 1.82) is 0 Å². The van der Waals surface area contributed by atoms with Crippen LogP contribution in [0, 0.1) is 6.92 Å². The van der Waals surface area contributed by atoms with E-state index in [0.29, 0.717) is 0 Å². The number of benzene rings is 2. The number of hydrazine groups is 1. The van der Waals surface area contributed by atoms with Gasteiger partial charge in [0.2, 0.25) is 0 Å². The van der Waals surface area contributed by atoms with Gasteiger partial charge in [0.1, 0.15) is 0 Å². The second-order valence-electron chi connectivity index (χ2n) is 6.12. The molecule has 0 fully saturated rings. The zero-order valence-corrected chi connectivity index (χ0v) is 14.8. The van der Waals surface area contributed by atoms with Crippen LogP contribution in [0.15, 0.2) is 53.4 Å². The number of amides is 1. The van der Waals surface area contributed by atoms with Crippen molar-refractivity contribution in [1.82, 2.24) is 10.3 Å². The highest BCUT2D eigenvalue weighted by atomic mass is 32.2. The number of rotatable bonds is 5. The maximum Gasteiger partial charge on any atom is 0.257 e. The van der Waals surface area contributed by atoms with Gasteiger partial charge in [-0.25, -0.2) is 8.42 Å². The first-order chi connectivity index (χ1) is 12.0. The normalized spacial score (nSPS) is 14.0. The molecule has 6 nitrogen and oxygen atoms in total. The Kier molecular flexibility index (Phi) is 5.06. The highest BCUT2D eigenvalue weighted by molar-refractivity contribution is 7.89. The Hall–Kier alpha value is -2.38. The molecule has 1 aliphatic heterocycles. The van der Waals surface area contributed by atoms with Gasteiger partial charge in [-0.15, -0.1) is 4.83 Å². The summed E-state index contributed by atoms with van der Waals surface area (Å²) in [5.41, 5.74) is 5.50. The lowest BCUT2D eigenvalue weighted by Crippen LogP contribution is -2.47. The largest absolute Gasteiger partial charge is 0.362 e. The maximum atomic E-state index is 12.2. The fourth-order valence-corrected chi connectivity index (χ4v) is 3.75. The first kappa shape index (κ1) is 17.4. The Balaban J connectivity index is 1.61. The summed E-state index contributed by atoms with van der Waals surface area (Å²) in [7, 11) is -3.77. The third-order valence-corrected chi connectivity index (χ3v) is 5.46. The van der Waals surface area contributed by atoms with Gasteiger partial charge in [-0.05, 0) is 43.5 Å². The number of hydrogen-bond donors (Lipinski definition) is 2. The molecule has 1 amide bonds. The van der Waals surface area contributed by atoms with Crippen LogP contribution in [-0.4, -0.2) is 27.4 Å². The number of sulfonamides is 1.